The molecule has 0 fully saturated rings. The average Bonchev–Trinajstić information content (AvgIpc) is 3.16. The van der Waals surface area contributed by atoms with Gasteiger partial charge in [0.15, 0.2) is 0 Å². The number of amides is 2. The Morgan fingerprint density at radius 1 is 1.19 bits per heavy atom. The molecule has 1 atom stereocenters. The number of hydrogen-bond acceptors (Lipinski definition) is 4. The lowest BCUT2D eigenvalue weighted by Gasteiger charge is -2.32. The summed E-state index contributed by atoms with van der Waals surface area (Å²) < 4.78 is 40.0. The van der Waals surface area contributed by atoms with Gasteiger partial charge in [0.2, 0.25) is 0 Å². The van der Waals surface area contributed by atoms with Crippen LogP contribution in [0.3, 0.4) is 0 Å². The van der Waals surface area contributed by atoms with Crippen LogP contribution in [0.15, 0.2) is 48.8 Å². The van der Waals surface area contributed by atoms with Gasteiger partial charge >= 0.3 is 6.18 Å². The van der Waals surface area contributed by atoms with Crippen LogP contribution in [-0.2, 0) is 6.18 Å². The Labute approximate surface area is 188 Å². The van der Waals surface area contributed by atoms with Crippen molar-refractivity contribution in [3.63, 3.8) is 0 Å². The Balaban J connectivity index is 0.00000289. The maximum absolute atomic E-state index is 13.2. The molecule has 3 aromatic rings. The molecule has 1 aliphatic rings. The number of carbonyl (C=O) groups excluding carboxylic acids is 2. The molecule has 2 amide bonds. The van der Waals surface area contributed by atoms with Crippen LogP contribution >= 0.6 is 13.5 Å². The van der Waals surface area contributed by atoms with Crippen LogP contribution in [-0.4, -0.2) is 33.1 Å². The van der Waals surface area contributed by atoms with Gasteiger partial charge in [0, 0.05) is 18.4 Å². The highest BCUT2D eigenvalue weighted by Crippen LogP contribution is 2.33. The second-order valence-corrected chi connectivity index (χ2v) is 7.33. The van der Waals surface area contributed by atoms with Crippen LogP contribution in [0.2, 0.25) is 0 Å². The lowest BCUT2D eigenvalue weighted by Crippen LogP contribution is -2.43. The molecule has 1 aromatic carbocycles. The van der Waals surface area contributed by atoms with E-state index in [1.165, 1.54) is 27.9 Å². The lowest BCUT2D eigenvalue weighted by molar-refractivity contribution is -0.137. The highest BCUT2D eigenvalue weighted by molar-refractivity contribution is 7.59. The van der Waals surface area contributed by atoms with Gasteiger partial charge in [0.1, 0.15) is 11.5 Å². The number of hydrogen-bond donors (Lipinski definition) is 1. The maximum Gasteiger partial charge on any atom is 0.416 e. The van der Waals surface area contributed by atoms with Crippen LogP contribution in [0.1, 0.15) is 44.9 Å². The van der Waals surface area contributed by atoms with Crippen LogP contribution in [0, 0.1) is 6.92 Å². The van der Waals surface area contributed by atoms with Crippen LogP contribution in [0.5, 0.6) is 0 Å². The number of nitrogens with one attached hydrogen (secondary N) is 1. The number of rotatable bonds is 3. The highest BCUT2D eigenvalue weighted by Gasteiger charge is 2.36. The molecular weight excluding hydrogens is 443 g/mol. The zero-order chi connectivity index (χ0) is 22.3. The number of halogens is 3. The number of fused-ring (bicyclic) bond motifs is 1. The average molecular weight is 463 g/mol. The summed E-state index contributed by atoms with van der Waals surface area (Å²) in [6.45, 7) is 3.87. The van der Waals surface area contributed by atoms with Gasteiger partial charge in [-0.2, -0.15) is 31.8 Å². The molecule has 3 heterocycles. The Hall–Kier alpha value is -3.34. The fourth-order valence-electron chi connectivity index (χ4n) is 3.47. The first-order chi connectivity index (χ1) is 14.6. The number of benzene rings is 1. The summed E-state index contributed by atoms with van der Waals surface area (Å²) in [4.78, 5) is 31.4. The van der Waals surface area contributed by atoms with Gasteiger partial charge in [-0.3, -0.25) is 14.3 Å². The second kappa shape index (κ2) is 8.65. The summed E-state index contributed by atoms with van der Waals surface area (Å²) in [7, 11) is 0. The highest BCUT2D eigenvalue weighted by atomic mass is 32.1. The molecule has 1 N–H and O–H groups in total. The quantitative estimate of drug-likeness (QED) is 0.632. The molecular formula is C21H20F3N5O2S. The fourth-order valence-corrected chi connectivity index (χ4v) is 3.47. The van der Waals surface area contributed by atoms with Crippen LogP contribution in [0.4, 0.5) is 24.7 Å². The molecule has 32 heavy (non-hydrogen) atoms. The second-order valence-electron chi connectivity index (χ2n) is 7.33. The van der Waals surface area contributed by atoms with Crippen LogP contribution in [0.25, 0.3) is 0 Å². The first kappa shape index (κ1) is 23.3. The van der Waals surface area contributed by atoms with Crippen molar-refractivity contribution in [1.82, 2.24) is 14.8 Å². The van der Waals surface area contributed by atoms with E-state index in [1.54, 1.807) is 18.3 Å². The van der Waals surface area contributed by atoms with E-state index in [4.69, 9.17) is 0 Å². The van der Waals surface area contributed by atoms with Crippen molar-refractivity contribution in [2.45, 2.75) is 26.1 Å². The smallest absolute Gasteiger partial charge is 0.306 e. The van der Waals surface area contributed by atoms with Crippen molar-refractivity contribution in [2.24, 2.45) is 0 Å². The minimum Gasteiger partial charge on any atom is -0.306 e. The molecule has 0 saturated heterocycles. The Kier molecular flexibility index (Phi) is 6.31. The third kappa shape index (κ3) is 4.33. The van der Waals surface area contributed by atoms with Crippen molar-refractivity contribution in [1.29, 1.82) is 0 Å². The number of anilines is 2. The van der Waals surface area contributed by atoms with E-state index in [2.05, 4.69) is 15.4 Å². The SMILES string of the molecule is Cc1ccnc(NC(=O)c2cnn3c2C(=O)N(c2ccc(C(F)(F)F)cc2)C[C@@H]3C)c1.S. The predicted octanol–water partition coefficient (Wildman–Crippen LogP) is 4.19. The van der Waals surface area contributed by atoms with E-state index in [9.17, 15) is 22.8 Å². The van der Waals surface area contributed by atoms with Gasteiger partial charge in [-0.25, -0.2) is 4.98 Å². The first-order valence-corrected chi connectivity index (χ1v) is 9.46. The number of pyridine rings is 1. The Morgan fingerprint density at radius 2 is 1.88 bits per heavy atom. The van der Waals surface area contributed by atoms with E-state index >= 15 is 0 Å². The molecule has 7 nitrogen and oxygen atoms in total. The minimum absolute atomic E-state index is 0. The maximum atomic E-state index is 13.2. The van der Waals surface area contributed by atoms with Crippen molar-refractivity contribution < 1.29 is 22.8 Å². The van der Waals surface area contributed by atoms with E-state index in [-0.39, 0.29) is 37.3 Å². The van der Waals surface area contributed by atoms with E-state index < -0.39 is 23.6 Å². The van der Waals surface area contributed by atoms with Gasteiger partial charge < -0.3 is 10.2 Å². The Morgan fingerprint density at radius 3 is 2.50 bits per heavy atom. The lowest BCUT2D eigenvalue weighted by atomic mass is 10.1. The first-order valence-electron chi connectivity index (χ1n) is 9.46. The normalized spacial score (nSPS) is 15.7. The molecule has 0 radical (unpaired) electrons. The Bertz CT molecular complexity index is 1160. The van der Waals surface area contributed by atoms with E-state index in [0.29, 0.717) is 11.5 Å². The fraction of sp³-hybridized carbons (Fsp3) is 0.238. The van der Waals surface area contributed by atoms with Crippen molar-refractivity contribution in [3.8, 4) is 0 Å². The molecule has 0 spiro atoms. The summed E-state index contributed by atoms with van der Waals surface area (Å²) in [5, 5.41) is 6.83. The molecule has 168 valence electrons. The van der Waals surface area contributed by atoms with Crippen molar-refractivity contribution in [3.05, 3.63) is 71.2 Å². The molecule has 0 bridgehead atoms. The van der Waals surface area contributed by atoms with Gasteiger partial charge in [-0.05, 0) is 55.8 Å². The van der Waals surface area contributed by atoms with Gasteiger partial charge in [0.25, 0.3) is 11.8 Å². The van der Waals surface area contributed by atoms with E-state index in [1.807, 2.05) is 13.8 Å². The summed E-state index contributed by atoms with van der Waals surface area (Å²) in [6.07, 6.45) is -1.60. The summed E-state index contributed by atoms with van der Waals surface area (Å²) >= 11 is 0. The number of carbonyl (C=O) groups is 2. The van der Waals surface area contributed by atoms with Gasteiger partial charge in [-0.1, -0.05) is 0 Å². The van der Waals surface area contributed by atoms with Gasteiger partial charge in [-0.15, -0.1) is 0 Å². The minimum atomic E-state index is -4.47. The molecule has 0 unspecified atom stereocenters. The zero-order valence-electron chi connectivity index (χ0n) is 17.1. The molecule has 11 heteroatoms. The van der Waals surface area contributed by atoms with Crippen molar-refractivity contribution in [2.75, 3.05) is 16.8 Å². The molecule has 2 aromatic heterocycles. The number of aromatic nitrogens is 3. The van der Waals surface area contributed by atoms with E-state index in [0.717, 1.165) is 17.7 Å². The van der Waals surface area contributed by atoms with Crippen LogP contribution < -0.4 is 10.2 Å². The summed E-state index contributed by atoms with van der Waals surface area (Å²) in [5.74, 6) is -0.729. The third-order valence-electron chi connectivity index (χ3n) is 5.02. The zero-order valence-corrected chi connectivity index (χ0v) is 18.1. The molecule has 1 aliphatic heterocycles. The van der Waals surface area contributed by atoms with Crippen molar-refractivity contribution >= 4 is 36.8 Å². The summed E-state index contributed by atoms with van der Waals surface area (Å²) in [6, 6.07) is 7.53. The summed E-state index contributed by atoms with van der Waals surface area (Å²) in [5.41, 5.74) is 0.551. The molecule has 0 aliphatic carbocycles. The standard InChI is InChI=1S/C21H18F3N5O2.H2S/c1-12-7-8-25-17(9-12)27-19(30)16-10-26-29-13(2)11-28(20(31)18(16)29)15-5-3-14(4-6-15)21(22,23)24;/h3-10,13H,11H2,1-2H3,(H,25,27,30);1H2/t13-;/m0./s1. The van der Waals surface area contributed by atoms with Gasteiger partial charge in [0.05, 0.1) is 23.4 Å². The number of aryl methyl sites for hydroxylation is 1. The molecule has 0 saturated carbocycles. The number of nitrogens with zero attached hydrogens (tertiary/aromatic N) is 4. The predicted molar refractivity (Wildman–Crippen MR) is 117 cm³/mol. The molecule has 4 rings (SSSR count). The topological polar surface area (TPSA) is 80.1 Å². The third-order valence-corrected chi connectivity index (χ3v) is 5.02. The monoisotopic (exact) mass is 463 g/mol. The largest absolute Gasteiger partial charge is 0.416 e. The number of alkyl halides is 3.